The van der Waals surface area contributed by atoms with E-state index in [9.17, 15) is 72.9 Å². The highest BCUT2D eigenvalue weighted by molar-refractivity contribution is 5.95. The highest BCUT2D eigenvalue weighted by Gasteiger charge is 2.31. The normalized spacial score (nSPS) is 13.6. The van der Waals surface area contributed by atoms with Crippen molar-refractivity contribution in [1.82, 2.24) is 42.5 Å². The van der Waals surface area contributed by atoms with Crippen LogP contribution in [-0.4, -0.2) is 152 Å². The second-order valence-electron chi connectivity index (χ2n) is 16.9. The molecule has 400 valence electrons. The number of rotatable bonds is 35. The summed E-state index contributed by atoms with van der Waals surface area (Å²) in [5, 5.41) is 64.7. The summed E-state index contributed by atoms with van der Waals surface area (Å²) in [5.41, 5.74) is 7.34. The number of carboxylic acids is 5. The Morgan fingerprint density at radius 3 is 1.48 bits per heavy atom. The molecule has 0 unspecified atom stereocenters. The van der Waals surface area contributed by atoms with Gasteiger partial charge < -0.3 is 73.8 Å². The zero-order valence-corrected chi connectivity index (χ0v) is 40.1. The lowest BCUT2D eigenvalue weighted by molar-refractivity contribution is -0.143. The second kappa shape index (κ2) is 32.7. The molecule has 8 amide bonds. The fourth-order valence-electron chi connectivity index (χ4n) is 6.80. The number of carbonyl (C=O) groups is 12. The third-order valence-electron chi connectivity index (χ3n) is 10.8. The summed E-state index contributed by atoms with van der Waals surface area (Å²) in [7, 11) is 0. The van der Waals surface area contributed by atoms with Gasteiger partial charge in [-0.05, 0) is 43.7 Å². The molecule has 0 aliphatic rings. The molecule has 0 heterocycles. The number of nitrogens with one attached hydrogen (secondary N) is 8. The number of urea groups is 1. The average Bonchev–Trinajstić information content (AvgIpc) is 3.33. The SMILES string of the molecule is C[C@H](NC(=O)[C@H](CC(=O)O)NC(=O)[C@@H](N)CNC(=O)[C@H](Cc1ccccc1)NC(=O)[C@H](Cc1ccccc1)NC(=O)CCCCCCCNC(=O)CC[C@H](NC(=O)N[C@@H](CCC(=O)O)C(=O)O)C(=O)O)C(=O)O. The Morgan fingerprint density at radius 1 is 0.466 bits per heavy atom. The maximum absolute atomic E-state index is 14.0. The van der Waals surface area contributed by atoms with Crippen molar-refractivity contribution < 1.29 is 83.1 Å². The van der Waals surface area contributed by atoms with Crippen molar-refractivity contribution >= 4 is 71.3 Å². The Kier molecular flexibility index (Phi) is 27.3. The molecule has 0 aromatic heterocycles. The zero-order valence-electron chi connectivity index (χ0n) is 40.1. The lowest BCUT2D eigenvalue weighted by Crippen LogP contribution is -2.58. The first-order valence-electron chi connectivity index (χ1n) is 23.3. The lowest BCUT2D eigenvalue weighted by atomic mass is 10.0. The minimum atomic E-state index is -1.70. The number of carboxylic acid groups (broad SMARTS) is 5. The van der Waals surface area contributed by atoms with Gasteiger partial charge in [-0.3, -0.25) is 43.2 Å². The molecule has 2 aromatic rings. The number of nitrogens with two attached hydrogens (primary N) is 1. The van der Waals surface area contributed by atoms with Crippen molar-refractivity contribution in [2.24, 2.45) is 5.73 Å². The summed E-state index contributed by atoms with van der Waals surface area (Å²) in [4.78, 5) is 147. The molecule has 15 N–H and O–H groups in total. The van der Waals surface area contributed by atoms with Crippen LogP contribution in [0.5, 0.6) is 0 Å². The molecular formula is C47H65N9O17. The highest BCUT2D eigenvalue weighted by Crippen LogP contribution is 2.10. The number of carbonyl (C=O) groups excluding carboxylic acids is 7. The van der Waals surface area contributed by atoms with Crippen LogP contribution in [0.1, 0.15) is 88.7 Å². The summed E-state index contributed by atoms with van der Waals surface area (Å²) in [6.45, 7) is 0.855. The van der Waals surface area contributed by atoms with Crippen LogP contribution in [0.15, 0.2) is 60.7 Å². The molecule has 26 heteroatoms. The molecule has 0 aliphatic carbocycles. The summed E-state index contributed by atoms with van der Waals surface area (Å²) in [5.74, 6) is -11.7. The van der Waals surface area contributed by atoms with Gasteiger partial charge in [0.15, 0.2) is 0 Å². The summed E-state index contributed by atoms with van der Waals surface area (Å²) < 4.78 is 0. The topological polar surface area (TPSA) is 428 Å². The van der Waals surface area contributed by atoms with Crippen LogP contribution < -0.4 is 48.3 Å². The van der Waals surface area contributed by atoms with Gasteiger partial charge in [-0.25, -0.2) is 14.4 Å². The van der Waals surface area contributed by atoms with E-state index >= 15 is 0 Å². The van der Waals surface area contributed by atoms with Crippen molar-refractivity contribution in [2.45, 2.75) is 133 Å². The number of unbranched alkanes of at least 4 members (excludes halogenated alkanes) is 4. The predicted molar refractivity (Wildman–Crippen MR) is 256 cm³/mol. The smallest absolute Gasteiger partial charge is 0.326 e. The van der Waals surface area contributed by atoms with Crippen LogP contribution in [0.25, 0.3) is 0 Å². The number of aliphatic carboxylic acids is 5. The van der Waals surface area contributed by atoms with Crippen molar-refractivity contribution in [3.63, 3.8) is 0 Å². The van der Waals surface area contributed by atoms with Crippen LogP contribution in [0.2, 0.25) is 0 Å². The van der Waals surface area contributed by atoms with Crippen LogP contribution >= 0.6 is 0 Å². The van der Waals surface area contributed by atoms with Gasteiger partial charge in [0.1, 0.15) is 42.3 Å². The van der Waals surface area contributed by atoms with E-state index in [0.29, 0.717) is 43.2 Å². The van der Waals surface area contributed by atoms with Gasteiger partial charge in [0.25, 0.3) is 0 Å². The van der Waals surface area contributed by atoms with Crippen LogP contribution in [0.3, 0.4) is 0 Å². The quantitative estimate of drug-likeness (QED) is 0.0358. The Bertz CT molecular complexity index is 2220. The van der Waals surface area contributed by atoms with E-state index in [1.54, 1.807) is 60.7 Å². The fraction of sp³-hybridized carbons (Fsp3) is 0.489. The summed E-state index contributed by atoms with van der Waals surface area (Å²) >= 11 is 0. The molecule has 2 aromatic carbocycles. The van der Waals surface area contributed by atoms with Crippen molar-refractivity contribution in [3.05, 3.63) is 71.8 Å². The van der Waals surface area contributed by atoms with E-state index in [4.69, 9.17) is 15.9 Å². The third kappa shape index (κ3) is 25.5. The Hall–Kier alpha value is -8.16. The summed E-state index contributed by atoms with van der Waals surface area (Å²) in [6.07, 6.45) is 0.514. The second-order valence-corrected chi connectivity index (χ2v) is 16.9. The third-order valence-corrected chi connectivity index (χ3v) is 10.8. The molecule has 0 saturated carbocycles. The van der Waals surface area contributed by atoms with Gasteiger partial charge in [0, 0.05) is 45.2 Å². The standard InChI is InChI=1S/C47H65N9O17/c1-27(44(67)68)51-42(65)35(25-39(61)62)53-40(63)30(48)26-50-41(64)33(23-28-13-7-5-8-14-28)54-43(66)34(24-29-15-9-6-10-16-29)52-37(58)17-11-3-2-4-12-22-49-36(57)20-18-31(45(69)70)55-47(73)56-32(46(71)72)19-21-38(59)60/h5-10,13-16,27,30-35H,2-4,11-12,17-26,48H2,1H3,(H,49,57)(H,50,64)(H,51,65)(H,52,58)(H,53,63)(H,54,66)(H,59,60)(H,61,62)(H,67,68)(H,69,70)(H,71,72)(H2,55,56,73)/t27-,30-,31-,32-,33-,34-,35-/m0/s1. The van der Waals surface area contributed by atoms with Gasteiger partial charge in [-0.2, -0.15) is 0 Å². The molecule has 0 bridgehead atoms. The van der Waals surface area contributed by atoms with Crippen LogP contribution in [-0.2, 0) is 65.6 Å². The molecule has 7 atom stereocenters. The highest BCUT2D eigenvalue weighted by atomic mass is 16.4. The Morgan fingerprint density at radius 2 is 0.959 bits per heavy atom. The molecule has 0 radical (unpaired) electrons. The Balaban J connectivity index is 1.94. The van der Waals surface area contributed by atoms with Crippen LogP contribution in [0, 0.1) is 0 Å². The number of hydrogen-bond acceptors (Lipinski definition) is 13. The molecule has 26 nitrogen and oxygen atoms in total. The maximum atomic E-state index is 14.0. The molecule has 0 aliphatic heterocycles. The van der Waals surface area contributed by atoms with E-state index in [1.165, 1.54) is 0 Å². The van der Waals surface area contributed by atoms with Crippen molar-refractivity contribution in [3.8, 4) is 0 Å². The largest absolute Gasteiger partial charge is 0.481 e. The molecule has 0 saturated heterocycles. The van der Waals surface area contributed by atoms with Gasteiger partial charge in [0.2, 0.25) is 35.4 Å². The van der Waals surface area contributed by atoms with E-state index in [1.807, 2.05) is 5.32 Å². The minimum Gasteiger partial charge on any atom is -0.481 e. The van der Waals surface area contributed by atoms with E-state index in [-0.39, 0.29) is 38.6 Å². The molecule has 73 heavy (non-hydrogen) atoms. The average molecular weight is 1030 g/mol. The first-order chi connectivity index (χ1) is 34.6. The van der Waals surface area contributed by atoms with Gasteiger partial charge in [-0.15, -0.1) is 0 Å². The first-order valence-corrected chi connectivity index (χ1v) is 23.3. The number of hydrogen-bond donors (Lipinski definition) is 14. The molecule has 2 rings (SSSR count). The predicted octanol–water partition coefficient (Wildman–Crippen LogP) is -1.26. The minimum absolute atomic E-state index is 0.0290. The van der Waals surface area contributed by atoms with Gasteiger partial charge in [0.05, 0.1) is 6.42 Å². The number of amides is 8. The van der Waals surface area contributed by atoms with Crippen molar-refractivity contribution in [1.29, 1.82) is 0 Å². The van der Waals surface area contributed by atoms with Crippen LogP contribution in [0.4, 0.5) is 4.79 Å². The van der Waals surface area contributed by atoms with E-state index in [2.05, 4.69) is 37.2 Å². The fourth-order valence-corrected chi connectivity index (χ4v) is 6.80. The zero-order chi connectivity index (χ0) is 54.5. The monoisotopic (exact) mass is 1030 g/mol. The van der Waals surface area contributed by atoms with Crippen molar-refractivity contribution in [2.75, 3.05) is 13.1 Å². The molecule has 0 fully saturated rings. The maximum Gasteiger partial charge on any atom is 0.326 e. The van der Waals surface area contributed by atoms with E-state index < -0.39 is 139 Å². The van der Waals surface area contributed by atoms with E-state index in [0.717, 1.165) is 6.92 Å². The van der Waals surface area contributed by atoms with Gasteiger partial charge >= 0.3 is 35.9 Å². The number of benzene rings is 2. The first kappa shape index (κ1) is 61.0. The van der Waals surface area contributed by atoms with Gasteiger partial charge in [-0.1, -0.05) is 79.9 Å². The Labute approximate surface area is 419 Å². The molecular weight excluding hydrogens is 963 g/mol. The summed E-state index contributed by atoms with van der Waals surface area (Å²) in [6, 6.07) is 6.10. The lowest BCUT2D eigenvalue weighted by Gasteiger charge is -2.24. The molecule has 0 spiro atoms.